The van der Waals surface area contributed by atoms with E-state index >= 15 is 0 Å². The first-order chi connectivity index (χ1) is 12.5. The van der Waals surface area contributed by atoms with Crippen LogP contribution in [-0.4, -0.2) is 37.5 Å². The first-order valence-electron chi connectivity index (χ1n) is 8.36. The summed E-state index contributed by atoms with van der Waals surface area (Å²) in [7, 11) is 1.64. The summed E-state index contributed by atoms with van der Waals surface area (Å²) in [6, 6.07) is 15.5. The fourth-order valence-electron chi connectivity index (χ4n) is 2.39. The molecular weight excluding hydrogens is 332 g/mol. The fraction of sp³-hybridized carbons (Fsp3) is 0.250. The van der Waals surface area contributed by atoms with Crippen LogP contribution in [0.5, 0.6) is 0 Å². The van der Waals surface area contributed by atoms with E-state index in [1.807, 2.05) is 18.2 Å². The number of hydrogen-bond acceptors (Lipinski definition) is 4. The number of esters is 1. The first-order valence-corrected chi connectivity index (χ1v) is 8.36. The maximum absolute atomic E-state index is 12.8. The van der Waals surface area contributed by atoms with Gasteiger partial charge in [-0.05, 0) is 38.1 Å². The molecular formula is C20H22N2O4. The highest BCUT2D eigenvalue weighted by Gasteiger charge is 2.24. The van der Waals surface area contributed by atoms with Crippen molar-refractivity contribution in [3.8, 4) is 0 Å². The second-order valence-electron chi connectivity index (χ2n) is 5.69. The quantitative estimate of drug-likeness (QED) is 0.809. The minimum atomic E-state index is -0.947. The summed E-state index contributed by atoms with van der Waals surface area (Å²) in [5.41, 5.74) is 1.04. The number of amides is 2. The predicted octanol–water partition coefficient (Wildman–Crippen LogP) is 2.64. The molecule has 0 radical (unpaired) electrons. The van der Waals surface area contributed by atoms with E-state index in [2.05, 4.69) is 5.32 Å². The Balaban J connectivity index is 2.23. The van der Waals surface area contributed by atoms with E-state index in [1.165, 1.54) is 17.9 Å². The number of hydrogen-bond donors (Lipinski definition) is 1. The number of likely N-dealkylation sites (N-methyl/N-ethyl adjacent to an activating group) is 1. The zero-order valence-electron chi connectivity index (χ0n) is 15.1. The van der Waals surface area contributed by atoms with Crippen LogP contribution in [0.1, 0.15) is 34.6 Å². The van der Waals surface area contributed by atoms with E-state index in [4.69, 9.17) is 4.74 Å². The Morgan fingerprint density at radius 2 is 1.58 bits per heavy atom. The smallest absolute Gasteiger partial charge is 0.339 e. The molecule has 0 unspecified atom stereocenters. The Hall–Kier alpha value is -3.15. The van der Waals surface area contributed by atoms with Gasteiger partial charge in [0, 0.05) is 19.3 Å². The minimum absolute atomic E-state index is 0.122. The van der Waals surface area contributed by atoms with Crippen LogP contribution < -0.4 is 10.2 Å². The zero-order chi connectivity index (χ0) is 19.1. The predicted molar refractivity (Wildman–Crippen MR) is 99.2 cm³/mol. The number of ether oxygens (including phenoxy) is 1. The highest BCUT2D eigenvalue weighted by Crippen LogP contribution is 2.18. The first kappa shape index (κ1) is 19.2. The van der Waals surface area contributed by atoms with Gasteiger partial charge in [0.2, 0.25) is 0 Å². The SMILES string of the molecule is CCNC(=O)[C@@H](C)OC(=O)c1ccccc1C(=O)N(C)c1ccccc1. The van der Waals surface area contributed by atoms with E-state index < -0.39 is 12.1 Å². The largest absolute Gasteiger partial charge is 0.449 e. The lowest BCUT2D eigenvalue weighted by Crippen LogP contribution is -2.36. The molecule has 0 saturated heterocycles. The van der Waals surface area contributed by atoms with Gasteiger partial charge < -0.3 is 15.0 Å². The Kier molecular flexibility index (Phi) is 6.49. The van der Waals surface area contributed by atoms with Crippen molar-refractivity contribution in [3.05, 3.63) is 65.7 Å². The molecule has 0 aliphatic carbocycles. The van der Waals surface area contributed by atoms with Crippen molar-refractivity contribution in [2.24, 2.45) is 0 Å². The molecule has 0 fully saturated rings. The number of benzene rings is 2. The van der Waals surface area contributed by atoms with Crippen molar-refractivity contribution in [1.29, 1.82) is 0 Å². The second-order valence-corrected chi connectivity index (χ2v) is 5.69. The molecule has 1 N–H and O–H groups in total. The van der Waals surface area contributed by atoms with Crippen molar-refractivity contribution in [2.75, 3.05) is 18.5 Å². The number of para-hydroxylation sites is 1. The van der Waals surface area contributed by atoms with Crippen molar-refractivity contribution in [2.45, 2.75) is 20.0 Å². The summed E-state index contributed by atoms with van der Waals surface area (Å²) in [5.74, 6) is -1.44. The number of rotatable bonds is 6. The molecule has 0 spiro atoms. The maximum atomic E-state index is 12.8. The average molecular weight is 354 g/mol. The van der Waals surface area contributed by atoms with Crippen LogP contribution in [0, 0.1) is 0 Å². The van der Waals surface area contributed by atoms with Crippen LogP contribution in [-0.2, 0) is 9.53 Å². The monoisotopic (exact) mass is 354 g/mol. The van der Waals surface area contributed by atoms with Gasteiger partial charge in [0.25, 0.3) is 11.8 Å². The molecule has 136 valence electrons. The number of carbonyl (C=O) groups is 3. The standard InChI is InChI=1S/C20H22N2O4/c1-4-21-18(23)14(2)26-20(25)17-13-9-8-12-16(17)19(24)22(3)15-10-6-5-7-11-15/h5-14H,4H2,1-3H3,(H,21,23)/t14-/m1/s1. The van der Waals surface area contributed by atoms with Gasteiger partial charge >= 0.3 is 5.97 Å². The lowest BCUT2D eigenvalue weighted by molar-refractivity contribution is -0.128. The normalized spacial score (nSPS) is 11.3. The molecule has 6 heteroatoms. The van der Waals surface area contributed by atoms with Crippen molar-refractivity contribution in [3.63, 3.8) is 0 Å². The van der Waals surface area contributed by atoms with Gasteiger partial charge in [-0.2, -0.15) is 0 Å². The Bertz CT molecular complexity index is 789. The summed E-state index contributed by atoms with van der Waals surface area (Å²) < 4.78 is 5.21. The van der Waals surface area contributed by atoms with Crippen molar-refractivity contribution < 1.29 is 19.1 Å². The third kappa shape index (κ3) is 4.47. The highest BCUT2D eigenvalue weighted by molar-refractivity contribution is 6.12. The molecule has 2 rings (SSSR count). The molecule has 6 nitrogen and oxygen atoms in total. The molecule has 2 aromatic carbocycles. The molecule has 0 heterocycles. The lowest BCUT2D eigenvalue weighted by Gasteiger charge is -2.19. The van der Waals surface area contributed by atoms with Crippen LogP contribution in [0.2, 0.25) is 0 Å². The van der Waals surface area contributed by atoms with E-state index in [9.17, 15) is 14.4 Å². The van der Waals surface area contributed by atoms with Crippen molar-refractivity contribution >= 4 is 23.5 Å². The molecule has 0 aliphatic heterocycles. The Labute approximate surface area is 152 Å². The van der Waals surface area contributed by atoms with Crippen LogP contribution in [0.3, 0.4) is 0 Å². The molecule has 1 atom stereocenters. The molecule has 2 aromatic rings. The van der Waals surface area contributed by atoms with Gasteiger partial charge in [0.15, 0.2) is 6.10 Å². The summed E-state index contributed by atoms with van der Waals surface area (Å²) in [4.78, 5) is 38.5. The van der Waals surface area contributed by atoms with Crippen LogP contribution in [0.4, 0.5) is 5.69 Å². The average Bonchev–Trinajstić information content (AvgIpc) is 2.67. The van der Waals surface area contributed by atoms with E-state index in [0.717, 1.165) is 0 Å². The summed E-state index contributed by atoms with van der Waals surface area (Å²) >= 11 is 0. The molecule has 0 saturated carbocycles. The second kappa shape index (κ2) is 8.80. The van der Waals surface area contributed by atoms with Gasteiger partial charge in [-0.15, -0.1) is 0 Å². The number of nitrogens with one attached hydrogen (secondary N) is 1. The molecule has 0 bridgehead atoms. The van der Waals surface area contributed by atoms with Gasteiger partial charge in [-0.3, -0.25) is 9.59 Å². The third-order valence-corrected chi connectivity index (χ3v) is 3.83. The Morgan fingerprint density at radius 1 is 1.00 bits per heavy atom. The van der Waals surface area contributed by atoms with Crippen LogP contribution in [0.25, 0.3) is 0 Å². The lowest BCUT2D eigenvalue weighted by atomic mass is 10.1. The summed E-state index contributed by atoms with van der Waals surface area (Å²) in [6.45, 7) is 3.71. The highest BCUT2D eigenvalue weighted by atomic mass is 16.5. The van der Waals surface area contributed by atoms with E-state index in [0.29, 0.717) is 12.2 Å². The van der Waals surface area contributed by atoms with Crippen LogP contribution >= 0.6 is 0 Å². The minimum Gasteiger partial charge on any atom is -0.449 e. The van der Waals surface area contributed by atoms with Gasteiger partial charge in [0.1, 0.15) is 0 Å². The fourth-order valence-corrected chi connectivity index (χ4v) is 2.39. The molecule has 0 aromatic heterocycles. The van der Waals surface area contributed by atoms with Gasteiger partial charge in [-0.1, -0.05) is 30.3 Å². The number of nitrogens with zero attached hydrogens (tertiary/aromatic N) is 1. The maximum Gasteiger partial charge on any atom is 0.339 e. The molecule has 26 heavy (non-hydrogen) atoms. The molecule has 2 amide bonds. The van der Waals surface area contributed by atoms with Gasteiger partial charge in [0.05, 0.1) is 11.1 Å². The van der Waals surface area contributed by atoms with Crippen molar-refractivity contribution in [1.82, 2.24) is 5.32 Å². The summed E-state index contributed by atoms with van der Waals surface area (Å²) in [5, 5.41) is 2.59. The Morgan fingerprint density at radius 3 is 2.19 bits per heavy atom. The third-order valence-electron chi connectivity index (χ3n) is 3.83. The topological polar surface area (TPSA) is 75.7 Å². The number of carbonyl (C=O) groups excluding carboxylic acids is 3. The number of anilines is 1. The van der Waals surface area contributed by atoms with Gasteiger partial charge in [-0.25, -0.2) is 4.79 Å². The molecule has 0 aliphatic rings. The van der Waals surface area contributed by atoms with E-state index in [-0.39, 0.29) is 22.9 Å². The zero-order valence-corrected chi connectivity index (χ0v) is 15.1. The van der Waals surface area contributed by atoms with Crippen LogP contribution in [0.15, 0.2) is 54.6 Å². The van der Waals surface area contributed by atoms with E-state index in [1.54, 1.807) is 44.3 Å². The summed E-state index contributed by atoms with van der Waals surface area (Å²) in [6.07, 6.45) is -0.947.